The number of aromatic nitrogens is 1. The lowest BCUT2D eigenvalue weighted by atomic mass is 10.1. The Morgan fingerprint density at radius 2 is 1.50 bits per heavy atom. The summed E-state index contributed by atoms with van der Waals surface area (Å²) in [6.45, 7) is 6.16. The molecule has 0 aliphatic heterocycles. The molecule has 16 heavy (non-hydrogen) atoms. The smallest absolute Gasteiger partial charge is 0.0467 e. The van der Waals surface area contributed by atoms with Gasteiger partial charge in [0.2, 0.25) is 0 Å². The number of aryl methyl sites for hydroxylation is 1. The normalized spacial score (nSPS) is 10.2. The molecule has 1 heterocycles. The van der Waals surface area contributed by atoms with Crippen molar-refractivity contribution in [1.29, 1.82) is 0 Å². The van der Waals surface area contributed by atoms with E-state index in [4.69, 9.17) is 0 Å². The molecule has 0 aliphatic carbocycles. The first kappa shape index (κ1) is 10.7. The molecule has 0 amide bonds. The molecule has 3 rings (SSSR count). The van der Waals surface area contributed by atoms with Gasteiger partial charge in [-0.3, -0.25) is 0 Å². The first-order valence-electron chi connectivity index (χ1n) is 5.82. The van der Waals surface area contributed by atoms with Crippen molar-refractivity contribution in [3.05, 3.63) is 48.0 Å². The standard InChI is InChI=1S/C13H11N.C2H6/c1-9-5-4-8-12-13(9)10-6-2-3-7-11(10)14-12;1-2/h2-8,14H,1H3;1-2H3. The number of para-hydroxylation sites is 1. The van der Waals surface area contributed by atoms with Crippen LogP contribution in [0.4, 0.5) is 0 Å². The monoisotopic (exact) mass is 211 g/mol. The summed E-state index contributed by atoms with van der Waals surface area (Å²) in [6, 6.07) is 14.8. The van der Waals surface area contributed by atoms with Crippen molar-refractivity contribution < 1.29 is 0 Å². The molecular weight excluding hydrogens is 194 g/mol. The van der Waals surface area contributed by atoms with Gasteiger partial charge in [-0.05, 0) is 24.6 Å². The zero-order valence-corrected chi connectivity index (χ0v) is 10.0. The number of rotatable bonds is 0. The topological polar surface area (TPSA) is 15.8 Å². The minimum atomic E-state index is 1.22. The largest absolute Gasteiger partial charge is 0.355 e. The number of H-pyrrole nitrogens is 1. The van der Waals surface area contributed by atoms with E-state index in [0.29, 0.717) is 0 Å². The Hall–Kier alpha value is -1.76. The molecule has 82 valence electrons. The van der Waals surface area contributed by atoms with E-state index >= 15 is 0 Å². The van der Waals surface area contributed by atoms with E-state index in [9.17, 15) is 0 Å². The van der Waals surface area contributed by atoms with Crippen molar-refractivity contribution in [3.8, 4) is 0 Å². The fourth-order valence-corrected chi connectivity index (χ4v) is 2.08. The van der Waals surface area contributed by atoms with Crippen molar-refractivity contribution in [2.75, 3.05) is 0 Å². The number of benzene rings is 2. The predicted octanol–water partition coefficient (Wildman–Crippen LogP) is 4.66. The first-order valence-corrected chi connectivity index (χ1v) is 5.82. The molecule has 0 radical (unpaired) electrons. The van der Waals surface area contributed by atoms with Gasteiger partial charge in [-0.2, -0.15) is 0 Å². The summed E-state index contributed by atoms with van der Waals surface area (Å²) in [5, 5.41) is 2.67. The Morgan fingerprint density at radius 3 is 2.31 bits per heavy atom. The van der Waals surface area contributed by atoms with E-state index in [2.05, 4.69) is 54.4 Å². The molecule has 1 aromatic heterocycles. The first-order chi connectivity index (χ1) is 7.86. The second-order valence-corrected chi connectivity index (χ2v) is 3.67. The summed E-state index contributed by atoms with van der Waals surface area (Å²) < 4.78 is 0. The Balaban J connectivity index is 0.000000457. The summed E-state index contributed by atoms with van der Waals surface area (Å²) in [4.78, 5) is 3.42. The van der Waals surface area contributed by atoms with Gasteiger partial charge in [0.25, 0.3) is 0 Å². The highest BCUT2D eigenvalue weighted by molar-refractivity contribution is 6.08. The molecule has 0 spiro atoms. The maximum absolute atomic E-state index is 3.42. The lowest BCUT2D eigenvalue weighted by molar-refractivity contribution is 1.50. The maximum atomic E-state index is 3.42. The molecule has 0 bridgehead atoms. The fraction of sp³-hybridized carbons (Fsp3) is 0.200. The van der Waals surface area contributed by atoms with Gasteiger partial charge in [0.15, 0.2) is 0 Å². The molecule has 2 aromatic carbocycles. The molecule has 0 fully saturated rings. The van der Waals surface area contributed by atoms with E-state index < -0.39 is 0 Å². The lowest BCUT2D eigenvalue weighted by Gasteiger charge is -1.95. The lowest BCUT2D eigenvalue weighted by Crippen LogP contribution is -1.72. The average molecular weight is 211 g/mol. The molecular formula is C15H17N. The van der Waals surface area contributed by atoms with E-state index in [0.717, 1.165) is 0 Å². The van der Waals surface area contributed by atoms with Crippen LogP contribution in [-0.2, 0) is 0 Å². The average Bonchev–Trinajstić information content (AvgIpc) is 2.71. The Labute approximate surface area is 96.1 Å². The van der Waals surface area contributed by atoms with E-state index in [1.54, 1.807) is 0 Å². The van der Waals surface area contributed by atoms with Gasteiger partial charge in [0.1, 0.15) is 0 Å². The SMILES string of the molecule is CC.Cc1cccc2[nH]c3ccccc3c12. The van der Waals surface area contributed by atoms with Crippen LogP contribution in [0.25, 0.3) is 21.8 Å². The summed E-state index contributed by atoms with van der Waals surface area (Å²) in [6.07, 6.45) is 0. The molecule has 1 nitrogen and oxygen atoms in total. The van der Waals surface area contributed by atoms with Gasteiger partial charge < -0.3 is 4.98 Å². The summed E-state index contributed by atoms with van der Waals surface area (Å²) >= 11 is 0. The molecule has 1 N–H and O–H groups in total. The van der Waals surface area contributed by atoms with Crippen LogP contribution in [0.2, 0.25) is 0 Å². The number of aromatic amines is 1. The predicted molar refractivity (Wildman–Crippen MR) is 71.9 cm³/mol. The molecule has 0 atom stereocenters. The highest BCUT2D eigenvalue weighted by atomic mass is 14.7. The third-order valence-electron chi connectivity index (χ3n) is 2.74. The Morgan fingerprint density at radius 1 is 0.812 bits per heavy atom. The van der Waals surface area contributed by atoms with E-state index in [1.165, 1.54) is 27.4 Å². The molecule has 1 heteroatoms. The van der Waals surface area contributed by atoms with Crippen LogP contribution >= 0.6 is 0 Å². The van der Waals surface area contributed by atoms with Crippen molar-refractivity contribution in [1.82, 2.24) is 4.98 Å². The number of hydrogen-bond acceptors (Lipinski definition) is 0. The number of fused-ring (bicyclic) bond motifs is 3. The van der Waals surface area contributed by atoms with Crippen LogP contribution in [0.3, 0.4) is 0 Å². The van der Waals surface area contributed by atoms with Crippen molar-refractivity contribution in [3.63, 3.8) is 0 Å². The number of nitrogens with one attached hydrogen (secondary N) is 1. The van der Waals surface area contributed by atoms with Crippen LogP contribution in [0.15, 0.2) is 42.5 Å². The number of hydrogen-bond donors (Lipinski definition) is 1. The zero-order valence-electron chi connectivity index (χ0n) is 10.0. The maximum Gasteiger partial charge on any atom is 0.0467 e. The molecule has 0 aliphatic rings. The van der Waals surface area contributed by atoms with Crippen LogP contribution in [0, 0.1) is 6.92 Å². The summed E-state index contributed by atoms with van der Waals surface area (Å²) in [7, 11) is 0. The molecule has 0 unspecified atom stereocenters. The Bertz CT molecular complexity index is 605. The van der Waals surface area contributed by atoms with E-state index in [-0.39, 0.29) is 0 Å². The quantitative estimate of drug-likeness (QED) is 0.557. The van der Waals surface area contributed by atoms with Gasteiger partial charge >= 0.3 is 0 Å². The third kappa shape index (κ3) is 1.58. The Kier molecular flexibility index (Phi) is 2.95. The second-order valence-electron chi connectivity index (χ2n) is 3.67. The fourth-order valence-electron chi connectivity index (χ4n) is 2.08. The van der Waals surface area contributed by atoms with Gasteiger partial charge in [0.05, 0.1) is 0 Å². The highest BCUT2D eigenvalue weighted by Gasteiger charge is 2.04. The van der Waals surface area contributed by atoms with Crippen LogP contribution in [-0.4, -0.2) is 4.98 Å². The van der Waals surface area contributed by atoms with Gasteiger partial charge in [-0.25, -0.2) is 0 Å². The minimum absolute atomic E-state index is 1.22. The zero-order chi connectivity index (χ0) is 11.5. The van der Waals surface area contributed by atoms with Crippen molar-refractivity contribution in [2.24, 2.45) is 0 Å². The molecule has 3 aromatic rings. The summed E-state index contributed by atoms with van der Waals surface area (Å²) in [5.74, 6) is 0. The van der Waals surface area contributed by atoms with Crippen LogP contribution in [0.1, 0.15) is 19.4 Å². The van der Waals surface area contributed by atoms with Gasteiger partial charge in [-0.1, -0.05) is 44.2 Å². The van der Waals surface area contributed by atoms with Crippen LogP contribution < -0.4 is 0 Å². The second kappa shape index (κ2) is 4.40. The molecule has 0 saturated heterocycles. The minimum Gasteiger partial charge on any atom is -0.355 e. The van der Waals surface area contributed by atoms with Crippen molar-refractivity contribution >= 4 is 21.8 Å². The van der Waals surface area contributed by atoms with Gasteiger partial charge in [-0.15, -0.1) is 0 Å². The highest BCUT2D eigenvalue weighted by Crippen LogP contribution is 2.27. The third-order valence-corrected chi connectivity index (χ3v) is 2.74. The van der Waals surface area contributed by atoms with Crippen molar-refractivity contribution in [2.45, 2.75) is 20.8 Å². The van der Waals surface area contributed by atoms with Crippen LogP contribution in [0.5, 0.6) is 0 Å². The molecule has 0 saturated carbocycles. The summed E-state index contributed by atoms with van der Waals surface area (Å²) in [5.41, 5.74) is 3.78. The van der Waals surface area contributed by atoms with Gasteiger partial charge in [0, 0.05) is 21.8 Å². The van der Waals surface area contributed by atoms with E-state index in [1.807, 2.05) is 13.8 Å².